The third-order valence-electron chi connectivity index (χ3n) is 5.06. The summed E-state index contributed by atoms with van der Waals surface area (Å²) in [7, 11) is 1.78. The molecule has 0 amide bonds. The molecule has 0 saturated heterocycles. The van der Waals surface area contributed by atoms with Crippen LogP contribution in [0.4, 0.5) is 0 Å². The van der Waals surface area contributed by atoms with Crippen LogP contribution >= 0.6 is 0 Å². The van der Waals surface area contributed by atoms with Crippen LogP contribution in [-0.2, 0) is 17.6 Å². The second-order valence-electron chi connectivity index (χ2n) is 6.07. The van der Waals surface area contributed by atoms with Crippen molar-refractivity contribution in [2.24, 2.45) is 5.41 Å². The molecule has 1 spiro atoms. The summed E-state index contributed by atoms with van der Waals surface area (Å²) in [5.74, 6) is 0.396. The van der Waals surface area contributed by atoms with Gasteiger partial charge in [0.2, 0.25) is 0 Å². The molecule has 0 N–H and O–H groups in total. The number of aryl methyl sites for hydroxylation is 1. The molecule has 2 nitrogen and oxygen atoms in total. The summed E-state index contributed by atoms with van der Waals surface area (Å²) in [5.41, 5.74) is 3.42. The molecule has 3 rings (SSSR count). The number of benzene rings is 1. The molecule has 1 aromatic carbocycles. The molecule has 1 saturated carbocycles. The Labute approximate surface area is 115 Å². The first-order chi connectivity index (χ1) is 9.18. The van der Waals surface area contributed by atoms with Crippen molar-refractivity contribution in [2.45, 2.75) is 51.6 Å². The quantitative estimate of drug-likeness (QED) is 0.810. The molecule has 0 aliphatic heterocycles. The van der Waals surface area contributed by atoms with E-state index in [1.807, 2.05) is 0 Å². The van der Waals surface area contributed by atoms with E-state index < -0.39 is 0 Å². The van der Waals surface area contributed by atoms with E-state index in [0.717, 1.165) is 44.1 Å². The minimum Gasteiger partial charge on any atom is -0.381 e. The highest BCUT2D eigenvalue weighted by Crippen LogP contribution is 2.47. The summed E-state index contributed by atoms with van der Waals surface area (Å²) >= 11 is 0. The molecular weight excluding hydrogens is 236 g/mol. The lowest BCUT2D eigenvalue weighted by molar-refractivity contribution is 0.0285. The van der Waals surface area contributed by atoms with Gasteiger partial charge in [0.25, 0.3) is 0 Å². The van der Waals surface area contributed by atoms with Crippen molar-refractivity contribution >= 4 is 5.78 Å². The van der Waals surface area contributed by atoms with Gasteiger partial charge in [0.05, 0.1) is 6.10 Å². The molecule has 2 heteroatoms. The molecular formula is C17H22O2. The lowest BCUT2D eigenvalue weighted by atomic mass is 9.70. The number of ether oxygens (including phenoxy) is 1. The van der Waals surface area contributed by atoms with Gasteiger partial charge >= 0.3 is 0 Å². The van der Waals surface area contributed by atoms with E-state index in [4.69, 9.17) is 4.74 Å². The Kier molecular flexibility index (Phi) is 3.22. The fourth-order valence-corrected chi connectivity index (χ4v) is 3.72. The van der Waals surface area contributed by atoms with E-state index in [2.05, 4.69) is 25.1 Å². The molecule has 102 valence electrons. The van der Waals surface area contributed by atoms with Crippen LogP contribution in [0.1, 0.15) is 54.1 Å². The first-order valence-corrected chi connectivity index (χ1v) is 7.38. The van der Waals surface area contributed by atoms with Crippen LogP contribution in [0.25, 0.3) is 0 Å². The number of rotatable bonds is 2. The second kappa shape index (κ2) is 4.75. The lowest BCUT2D eigenvalue weighted by Gasteiger charge is -2.35. The first-order valence-electron chi connectivity index (χ1n) is 7.38. The van der Waals surface area contributed by atoms with Gasteiger partial charge in [-0.25, -0.2) is 0 Å². The van der Waals surface area contributed by atoms with Crippen molar-refractivity contribution in [1.29, 1.82) is 0 Å². The van der Waals surface area contributed by atoms with Crippen LogP contribution < -0.4 is 0 Å². The van der Waals surface area contributed by atoms with Gasteiger partial charge in [-0.1, -0.05) is 19.1 Å². The Balaban J connectivity index is 1.87. The molecule has 1 aromatic rings. The molecule has 0 bridgehead atoms. The SMILES string of the molecule is CCc1ccc2c(c1)C(=O)C1(CCC(OC)CC1)C2. The maximum Gasteiger partial charge on any atom is 0.169 e. The van der Waals surface area contributed by atoms with Crippen LogP contribution in [0, 0.1) is 5.41 Å². The van der Waals surface area contributed by atoms with Crippen LogP contribution in [-0.4, -0.2) is 19.0 Å². The fraction of sp³-hybridized carbons (Fsp3) is 0.588. The minimum atomic E-state index is -0.107. The minimum absolute atomic E-state index is 0.107. The van der Waals surface area contributed by atoms with Gasteiger partial charge < -0.3 is 4.74 Å². The van der Waals surface area contributed by atoms with E-state index >= 15 is 0 Å². The first kappa shape index (κ1) is 12.9. The van der Waals surface area contributed by atoms with Gasteiger partial charge in [-0.3, -0.25) is 4.79 Å². The second-order valence-corrected chi connectivity index (χ2v) is 6.07. The Morgan fingerprint density at radius 3 is 2.68 bits per heavy atom. The molecule has 2 aliphatic rings. The van der Waals surface area contributed by atoms with Gasteiger partial charge in [0.15, 0.2) is 5.78 Å². The van der Waals surface area contributed by atoms with Crippen LogP contribution in [0.2, 0.25) is 0 Å². The highest BCUT2D eigenvalue weighted by Gasteiger charge is 2.47. The third kappa shape index (κ3) is 2.02. The molecule has 0 aromatic heterocycles. The van der Waals surface area contributed by atoms with Crippen molar-refractivity contribution in [3.05, 3.63) is 34.9 Å². The fourth-order valence-electron chi connectivity index (χ4n) is 3.72. The van der Waals surface area contributed by atoms with Gasteiger partial charge in [0.1, 0.15) is 0 Å². The van der Waals surface area contributed by atoms with Crippen molar-refractivity contribution in [1.82, 2.24) is 0 Å². The van der Waals surface area contributed by atoms with Gasteiger partial charge in [0, 0.05) is 18.1 Å². The zero-order valence-electron chi connectivity index (χ0n) is 11.9. The molecule has 0 heterocycles. The number of hydrogen-bond acceptors (Lipinski definition) is 2. The summed E-state index contributed by atoms with van der Waals surface area (Å²) in [6.07, 6.45) is 6.32. The summed E-state index contributed by atoms with van der Waals surface area (Å²) in [4.78, 5) is 12.8. The number of fused-ring (bicyclic) bond motifs is 1. The van der Waals surface area contributed by atoms with E-state index in [0.29, 0.717) is 11.9 Å². The highest BCUT2D eigenvalue weighted by atomic mass is 16.5. The molecule has 0 radical (unpaired) electrons. The average molecular weight is 258 g/mol. The summed E-state index contributed by atoms with van der Waals surface area (Å²) in [6, 6.07) is 6.46. The van der Waals surface area contributed by atoms with Crippen LogP contribution in [0.5, 0.6) is 0 Å². The topological polar surface area (TPSA) is 26.3 Å². The van der Waals surface area contributed by atoms with Crippen molar-refractivity contribution in [3.63, 3.8) is 0 Å². The van der Waals surface area contributed by atoms with Gasteiger partial charge in [-0.15, -0.1) is 0 Å². The maximum atomic E-state index is 12.8. The standard InChI is InChI=1S/C17H22O2/c1-3-12-4-5-13-11-17(16(18)15(13)10-12)8-6-14(19-2)7-9-17/h4-5,10,14H,3,6-9,11H2,1-2H3. The molecule has 2 aliphatic carbocycles. The third-order valence-corrected chi connectivity index (χ3v) is 5.06. The van der Waals surface area contributed by atoms with E-state index in [1.165, 1.54) is 11.1 Å². The monoisotopic (exact) mass is 258 g/mol. The van der Waals surface area contributed by atoms with E-state index in [-0.39, 0.29) is 5.41 Å². The Morgan fingerprint density at radius 1 is 1.32 bits per heavy atom. The molecule has 19 heavy (non-hydrogen) atoms. The van der Waals surface area contributed by atoms with Crippen LogP contribution in [0.3, 0.4) is 0 Å². The smallest absolute Gasteiger partial charge is 0.169 e. The summed E-state index contributed by atoms with van der Waals surface area (Å²) in [6.45, 7) is 2.14. The maximum absolute atomic E-state index is 12.8. The molecule has 1 fully saturated rings. The Morgan fingerprint density at radius 2 is 2.05 bits per heavy atom. The van der Waals surface area contributed by atoms with Gasteiger partial charge in [-0.2, -0.15) is 0 Å². The number of methoxy groups -OCH3 is 1. The van der Waals surface area contributed by atoms with Crippen LogP contribution in [0.15, 0.2) is 18.2 Å². The number of carbonyl (C=O) groups is 1. The summed E-state index contributed by atoms with van der Waals surface area (Å²) in [5, 5.41) is 0. The molecule has 0 unspecified atom stereocenters. The predicted molar refractivity (Wildman–Crippen MR) is 75.6 cm³/mol. The normalized spacial score (nSPS) is 29.8. The van der Waals surface area contributed by atoms with E-state index in [9.17, 15) is 4.79 Å². The summed E-state index contributed by atoms with van der Waals surface area (Å²) < 4.78 is 5.43. The largest absolute Gasteiger partial charge is 0.381 e. The van der Waals surface area contributed by atoms with Crippen molar-refractivity contribution in [2.75, 3.05) is 7.11 Å². The lowest BCUT2D eigenvalue weighted by Crippen LogP contribution is -2.35. The zero-order valence-corrected chi connectivity index (χ0v) is 11.9. The zero-order chi connectivity index (χ0) is 13.5. The number of carbonyl (C=O) groups excluding carboxylic acids is 1. The predicted octanol–water partition coefficient (Wildman–Crippen LogP) is 3.56. The number of hydrogen-bond donors (Lipinski definition) is 0. The molecule has 0 atom stereocenters. The van der Waals surface area contributed by atoms with Crippen molar-refractivity contribution in [3.8, 4) is 0 Å². The number of ketones is 1. The number of Topliss-reactive ketones (excluding diaryl/α,β-unsaturated/α-hetero) is 1. The Hall–Kier alpha value is -1.15. The van der Waals surface area contributed by atoms with Gasteiger partial charge in [-0.05, 0) is 55.7 Å². The highest BCUT2D eigenvalue weighted by molar-refractivity contribution is 6.05. The van der Waals surface area contributed by atoms with Crippen molar-refractivity contribution < 1.29 is 9.53 Å². The Bertz CT molecular complexity index is 496. The van der Waals surface area contributed by atoms with E-state index in [1.54, 1.807) is 7.11 Å². The average Bonchev–Trinajstić information content (AvgIpc) is 2.72.